The van der Waals surface area contributed by atoms with Crippen molar-refractivity contribution in [3.8, 4) is 5.75 Å². The summed E-state index contributed by atoms with van der Waals surface area (Å²) in [5.41, 5.74) is -1.61. The summed E-state index contributed by atoms with van der Waals surface area (Å²) >= 11 is 13.9. The van der Waals surface area contributed by atoms with Crippen molar-refractivity contribution >= 4 is 52.5 Å². The van der Waals surface area contributed by atoms with Gasteiger partial charge in [0, 0.05) is 11.5 Å². The second-order valence-electron chi connectivity index (χ2n) is 11.0. The van der Waals surface area contributed by atoms with E-state index in [0.29, 0.717) is 0 Å². The number of anilines is 1. The first kappa shape index (κ1) is 30.2. The SMILES string of the molecule is C=CCc1cccc([C@H]2C3=CC[C@@H]4C(=O)N(O)C(=O)[C@@H]4[C@@H]3C[C@@]3(Cl)C(=O)N(c4c(F)c(F)c(F)c(F)c4F)C(=O)[C@@]23Cl)c1O. The van der Waals surface area contributed by atoms with Crippen molar-refractivity contribution in [1.82, 2.24) is 5.06 Å². The highest BCUT2D eigenvalue weighted by Crippen LogP contribution is 2.66. The molecule has 230 valence electrons. The maximum atomic E-state index is 15.0. The standard InChI is InChI=1S/C29H19Cl2F5N2O6/c1-2-4-10-5-3-6-13(23(10)39)16-11-7-8-12-15(25(41)38(44)24(12)40)14(11)9-28(30)26(42)37(27(43)29(16,28)31)22-20(35)18(33)17(32)19(34)21(22)36/h2-3,5-7,12,14-16,39,44H,1,4,8-9H2/t12-,14+,15-,16+,28+,29-/m0/s1. The average molecular weight is 657 g/mol. The van der Waals surface area contributed by atoms with Gasteiger partial charge in [0.1, 0.15) is 11.4 Å². The van der Waals surface area contributed by atoms with E-state index in [9.17, 15) is 42.7 Å². The Hall–Kier alpha value is -3.81. The van der Waals surface area contributed by atoms with Crippen LogP contribution in [0.25, 0.3) is 0 Å². The molecule has 0 unspecified atom stereocenters. The Morgan fingerprint density at radius 3 is 2.16 bits per heavy atom. The first-order valence-corrected chi connectivity index (χ1v) is 13.9. The molecule has 3 fully saturated rings. The second-order valence-corrected chi connectivity index (χ2v) is 12.3. The fourth-order valence-corrected chi connectivity index (χ4v) is 7.99. The number of allylic oxidation sites excluding steroid dienone is 3. The van der Waals surface area contributed by atoms with Crippen molar-refractivity contribution < 1.29 is 51.4 Å². The van der Waals surface area contributed by atoms with Crippen molar-refractivity contribution in [2.75, 3.05) is 4.90 Å². The Morgan fingerprint density at radius 1 is 0.932 bits per heavy atom. The van der Waals surface area contributed by atoms with E-state index in [0.717, 1.165) is 0 Å². The third kappa shape index (κ3) is 3.54. The number of alkyl halides is 2. The minimum Gasteiger partial charge on any atom is -0.507 e. The number of fused-ring (bicyclic) bond motifs is 4. The molecule has 44 heavy (non-hydrogen) atoms. The number of hydrogen-bond acceptors (Lipinski definition) is 6. The van der Waals surface area contributed by atoms with Gasteiger partial charge >= 0.3 is 0 Å². The van der Waals surface area contributed by atoms with Gasteiger partial charge < -0.3 is 5.11 Å². The van der Waals surface area contributed by atoms with E-state index in [1.54, 1.807) is 0 Å². The summed E-state index contributed by atoms with van der Waals surface area (Å²) < 4.78 is 72.5. The average Bonchev–Trinajstić information content (AvgIpc) is 3.30. The van der Waals surface area contributed by atoms with Gasteiger partial charge in [-0.2, -0.15) is 5.06 Å². The monoisotopic (exact) mass is 656 g/mol. The van der Waals surface area contributed by atoms with Gasteiger partial charge in [-0.1, -0.05) is 35.9 Å². The van der Waals surface area contributed by atoms with E-state index in [1.807, 2.05) is 0 Å². The van der Waals surface area contributed by atoms with Crippen molar-refractivity contribution in [3.63, 3.8) is 0 Å². The van der Waals surface area contributed by atoms with Crippen LogP contribution < -0.4 is 4.90 Å². The predicted octanol–water partition coefficient (Wildman–Crippen LogP) is 4.77. The first-order valence-electron chi connectivity index (χ1n) is 13.1. The van der Waals surface area contributed by atoms with Crippen molar-refractivity contribution in [1.29, 1.82) is 0 Å². The van der Waals surface area contributed by atoms with Crippen LogP contribution in [-0.2, 0) is 25.6 Å². The van der Waals surface area contributed by atoms with Crippen molar-refractivity contribution in [2.24, 2.45) is 17.8 Å². The molecule has 2 aromatic carbocycles. The number of benzene rings is 2. The van der Waals surface area contributed by atoms with E-state index in [4.69, 9.17) is 23.2 Å². The first-order chi connectivity index (χ1) is 20.6. The summed E-state index contributed by atoms with van der Waals surface area (Å²) in [6, 6.07) is 4.29. The molecule has 0 radical (unpaired) electrons. The largest absolute Gasteiger partial charge is 0.507 e. The minimum absolute atomic E-state index is 0.0739. The molecular weight excluding hydrogens is 638 g/mol. The molecule has 2 aliphatic heterocycles. The summed E-state index contributed by atoms with van der Waals surface area (Å²) in [7, 11) is 0. The topological polar surface area (TPSA) is 115 Å². The van der Waals surface area contributed by atoms with Crippen LogP contribution in [0.2, 0.25) is 0 Å². The molecular formula is C29H19Cl2F5N2O6. The molecule has 4 amide bonds. The van der Waals surface area contributed by atoms with Crippen LogP contribution in [0.5, 0.6) is 5.75 Å². The summed E-state index contributed by atoms with van der Waals surface area (Å²) in [6.45, 7) is 3.61. The van der Waals surface area contributed by atoms with E-state index in [-0.39, 0.29) is 39.5 Å². The molecule has 0 spiro atoms. The number of carbonyl (C=O) groups excluding carboxylic acids is 4. The Bertz CT molecular complexity index is 1740. The quantitative estimate of drug-likeness (QED) is 0.0932. The minimum atomic E-state index is -2.77. The van der Waals surface area contributed by atoms with E-state index < -0.39 is 104 Å². The van der Waals surface area contributed by atoms with Gasteiger partial charge in [0.25, 0.3) is 23.6 Å². The molecule has 2 N–H and O–H groups in total. The maximum Gasteiger partial charge on any atom is 0.258 e. The fourth-order valence-electron chi connectivity index (χ4n) is 7.06. The lowest BCUT2D eigenvalue weighted by atomic mass is 9.56. The van der Waals surface area contributed by atoms with Gasteiger partial charge in [-0.3, -0.25) is 24.4 Å². The molecule has 15 heteroatoms. The van der Waals surface area contributed by atoms with Gasteiger partial charge in [0.05, 0.1) is 11.8 Å². The number of imide groups is 2. The molecule has 0 aromatic heterocycles. The van der Waals surface area contributed by atoms with Gasteiger partial charge in [-0.25, -0.2) is 26.9 Å². The van der Waals surface area contributed by atoms with Gasteiger partial charge in [0.15, 0.2) is 33.0 Å². The van der Waals surface area contributed by atoms with Gasteiger partial charge in [-0.15, -0.1) is 29.8 Å². The zero-order valence-corrected chi connectivity index (χ0v) is 23.6. The second kappa shape index (κ2) is 9.85. The number of rotatable bonds is 4. The lowest BCUT2D eigenvalue weighted by Gasteiger charge is -2.50. The van der Waals surface area contributed by atoms with Crippen molar-refractivity contribution in [2.45, 2.75) is 34.9 Å². The maximum absolute atomic E-state index is 15.0. The van der Waals surface area contributed by atoms with Crippen LogP contribution in [0.15, 0.2) is 42.5 Å². The molecule has 2 saturated heterocycles. The highest BCUT2D eigenvalue weighted by Gasteiger charge is 2.77. The van der Waals surface area contributed by atoms with Crippen LogP contribution in [-0.4, -0.2) is 48.8 Å². The third-order valence-corrected chi connectivity index (χ3v) is 10.4. The van der Waals surface area contributed by atoms with Crippen LogP contribution in [0.1, 0.15) is 29.9 Å². The smallest absolute Gasteiger partial charge is 0.258 e. The number of amides is 4. The third-order valence-electron chi connectivity index (χ3n) is 9.02. The Labute approximate surface area is 254 Å². The van der Waals surface area contributed by atoms with Crippen LogP contribution in [0.3, 0.4) is 0 Å². The lowest BCUT2D eigenvalue weighted by Crippen LogP contribution is -2.60. The number of halogens is 7. The van der Waals surface area contributed by atoms with Gasteiger partial charge in [0.2, 0.25) is 5.82 Å². The summed E-state index contributed by atoms with van der Waals surface area (Å²) in [6.07, 6.45) is 2.13. The summed E-state index contributed by atoms with van der Waals surface area (Å²) in [5, 5.41) is 21.4. The van der Waals surface area contributed by atoms with Gasteiger partial charge in [-0.05, 0) is 30.7 Å². The van der Waals surface area contributed by atoms with Crippen LogP contribution in [0.4, 0.5) is 27.6 Å². The number of phenols is 1. The molecule has 2 aliphatic carbocycles. The number of para-hydroxylation sites is 1. The molecule has 6 rings (SSSR count). The number of nitrogens with zero attached hydrogens (tertiary/aromatic N) is 2. The number of phenolic OH excluding ortho intramolecular Hbond substituents is 1. The molecule has 2 heterocycles. The number of aromatic hydroxyl groups is 1. The van der Waals surface area contributed by atoms with Crippen LogP contribution in [0, 0.1) is 46.8 Å². The normalized spacial score (nSPS) is 31.2. The fraction of sp³-hybridized carbons (Fsp3) is 0.310. The highest BCUT2D eigenvalue weighted by atomic mass is 35.5. The van der Waals surface area contributed by atoms with E-state index >= 15 is 8.78 Å². The number of hydrogen-bond donors (Lipinski definition) is 2. The molecule has 2 aromatic rings. The predicted molar refractivity (Wildman–Crippen MR) is 142 cm³/mol. The molecule has 4 aliphatic rings. The Balaban J connectivity index is 1.64. The number of hydroxylamine groups is 2. The number of carbonyl (C=O) groups is 4. The molecule has 8 nitrogen and oxygen atoms in total. The lowest BCUT2D eigenvalue weighted by molar-refractivity contribution is -0.173. The zero-order valence-electron chi connectivity index (χ0n) is 22.1. The zero-order chi connectivity index (χ0) is 32.2. The highest BCUT2D eigenvalue weighted by molar-refractivity contribution is 6.58. The molecule has 6 atom stereocenters. The Kier molecular flexibility index (Phi) is 6.76. The molecule has 0 bridgehead atoms. The van der Waals surface area contributed by atoms with Crippen LogP contribution >= 0.6 is 23.2 Å². The van der Waals surface area contributed by atoms with E-state index in [1.165, 1.54) is 30.4 Å². The summed E-state index contributed by atoms with van der Waals surface area (Å²) in [5.74, 6) is -23.4. The Morgan fingerprint density at radius 2 is 1.55 bits per heavy atom. The van der Waals surface area contributed by atoms with Crippen molar-refractivity contribution in [3.05, 3.63) is 82.7 Å². The van der Waals surface area contributed by atoms with E-state index in [2.05, 4.69) is 6.58 Å². The molecule has 1 saturated carbocycles. The summed E-state index contributed by atoms with van der Waals surface area (Å²) in [4.78, 5) is 48.1.